The second kappa shape index (κ2) is 16.2. The molecule has 208 valence electrons. The Morgan fingerprint density at radius 3 is 1.81 bits per heavy atom. The first-order chi connectivity index (χ1) is 17.2. The van der Waals surface area contributed by atoms with E-state index in [0.717, 1.165) is 13.8 Å². The van der Waals surface area contributed by atoms with Crippen LogP contribution in [-0.2, 0) is 67.6 Å². The van der Waals surface area contributed by atoms with Gasteiger partial charge < -0.3 is 27.0 Å². The average Bonchev–Trinajstić information content (AvgIpc) is 2.80. The normalized spacial score (nSPS) is 12.4. The highest BCUT2D eigenvalue weighted by atomic mass is 17.2. The third-order valence-corrected chi connectivity index (χ3v) is 3.57. The van der Waals surface area contributed by atoms with Gasteiger partial charge in [-0.05, 0) is 12.8 Å². The van der Waals surface area contributed by atoms with Gasteiger partial charge in [-0.2, -0.15) is 0 Å². The summed E-state index contributed by atoms with van der Waals surface area (Å²) in [6.07, 6.45) is -2.35. The zero-order chi connectivity index (χ0) is 28.6. The first-order valence-corrected chi connectivity index (χ1v) is 10.0. The summed E-state index contributed by atoms with van der Waals surface area (Å²) in [7, 11) is 0. The second-order valence-corrected chi connectivity index (χ2v) is 6.93. The standard InChI is InChI=1S/C18H26N4O15/c1-9(23)32-34-12(25)6-18(30,16(29)37-33-10(2)24)7-13(26)35-36-14(27)8-31-15(28)11(19)4-3-5-22-17(20)21/h11,30H,3-8,19H2,1-2H3,(H4,20,21,22). The van der Waals surface area contributed by atoms with Gasteiger partial charge in [0.05, 0.1) is 12.8 Å². The molecule has 0 aliphatic rings. The number of rotatable bonds is 12. The first-order valence-electron chi connectivity index (χ1n) is 10.0. The van der Waals surface area contributed by atoms with Crippen molar-refractivity contribution >= 4 is 47.7 Å². The van der Waals surface area contributed by atoms with Gasteiger partial charge in [0.15, 0.2) is 18.2 Å². The van der Waals surface area contributed by atoms with E-state index in [2.05, 4.69) is 39.1 Å². The van der Waals surface area contributed by atoms with E-state index in [1.165, 1.54) is 0 Å². The lowest BCUT2D eigenvalue weighted by Gasteiger charge is -2.21. The van der Waals surface area contributed by atoms with Crippen LogP contribution in [0.1, 0.15) is 39.5 Å². The van der Waals surface area contributed by atoms with Crippen LogP contribution in [0.15, 0.2) is 4.99 Å². The Labute approximate surface area is 207 Å². The monoisotopic (exact) mass is 538 g/mol. The smallest absolute Gasteiger partial charge is 0.392 e. The predicted octanol–water partition coefficient (Wildman–Crippen LogP) is -3.53. The van der Waals surface area contributed by atoms with Crippen molar-refractivity contribution in [1.29, 1.82) is 0 Å². The van der Waals surface area contributed by atoms with Gasteiger partial charge in [0.25, 0.3) is 0 Å². The maximum atomic E-state index is 12.0. The molecule has 19 heteroatoms. The minimum absolute atomic E-state index is 0.113. The maximum absolute atomic E-state index is 12.0. The van der Waals surface area contributed by atoms with Crippen LogP contribution < -0.4 is 17.2 Å². The van der Waals surface area contributed by atoms with Crippen LogP contribution in [0.5, 0.6) is 0 Å². The van der Waals surface area contributed by atoms with E-state index in [1.807, 2.05) is 0 Å². The van der Waals surface area contributed by atoms with E-state index in [1.54, 1.807) is 0 Å². The SMILES string of the molecule is CC(=O)OOC(=O)CC(O)(CC(=O)OOC(=O)COC(=O)C(N)CCCN=C(N)N)C(=O)OOC(C)=O. The van der Waals surface area contributed by atoms with Gasteiger partial charge in [-0.15, -0.1) is 0 Å². The summed E-state index contributed by atoms with van der Waals surface area (Å²) in [4.78, 5) is 108. The number of hydrogen-bond donors (Lipinski definition) is 4. The van der Waals surface area contributed by atoms with Crippen LogP contribution in [-0.4, -0.2) is 77.6 Å². The maximum Gasteiger partial charge on any atom is 0.392 e. The molecule has 0 spiro atoms. The summed E-state index contributed by atoms with van der Waals surface area (Å²) >= 11 is 0. The van der Waals surface area contributed by atoms with Crippen molar-refractivity contribution in [1.82, 2.24) is 0 Å². The van der Waals surface area contributed by atoms with Crippen LogP contribution in [0.25, 0.3) is 0 Å². The van der Waals surface area contributed by atoms with Gasteiger partial charge in [-0.25, -0.2) is 58.1 Å². The minimum Gasteiger partial charge on any atom is -0.452 e. The molecule has 0 saturated heterocycles. The molecular weight excluding hydrogens is 512 g/mol. The Kier molecular flexibility index (Phi) is 14.2. The fourth-order valence-corrected chi connectivity index (χ4v) is 2.01. The van der Waals surface area contributed by atoms with Gasteiger partial charge in [0.2, 0.25) is 0 Å². The number of nitrogens with two attached hydrogens (primary N) is 3. The quantitative estimate of drug-likeness (QED) is 0.0467. The van der Waals surface area contributed by atoms with Crippen LogP contribution in [0, 0.1) is 0 Å². The highest BCUT2D eigenvalue weighted by molar-refractivity contribution is 5.90. The van der Waals surface area contributed by atoms with Crippen molar-refractivity contribution in [2.45, 2.75) is 51.2 Å². The molecule has 0 aromatic rings. The number of aliphatic imine (C=N–C) groups is 1. The molecule has 2 atom stereocenters. The molecule has 0 aliphatic heterocycles. The highest BCUT2D eigenvalue weighted by Crippen LogP contribution is 2.20. The first kappa shape index (κ1) is 32.5. The molecule has 7 N–H and O–H groups in total. The number of esters is 1. The third-order valence-electron chi connectivity index (χ3n) is 3.57. The van der Waals surface area contributed by atoms with E-state index in [0.29, 0.717) is 6.42 Å². The van der Waals surface area contributed by atoms with Crippen molar-refractivity contribution in [3.05, 3.63) is 0 Å². The summed E-state index contributed by atoms with van der Waals surface area (Å²) in [6, 6.07) is -1.13. The average molecular weight is 538 g/mol. The van der Waals surface area contributed by atoms with Crippen molar-refractivity contribution in [2.75, 3.05) is 13.2 Å². The van der Waals surface area contributed by atoms with Gasteiger partial charge in [-0.1, -0.05) is 0 Å². The molecule has 0 rings (SSSR count). The molecule has 0 saturated carbocycles. The van der Waals surface area contributed by atoms with E-state index >= 15 is 0 Å². The number of carbonyl (C=O) groups excluding carboxylic acids is 7. The van der Waals surface area contributed by atoms with E-state index in [9.17, 15) is 38.7 Å². The van der Waals surface area contributed by atoms with Crippen molar-refractivity contribution in [3.63, 3.8) is 0 Å². The topological polar surface area (TPSA) is 295 Å². The van der Waals surface area contributed by atoms with Gasteiger partial charge in [-0.3, -0.25) is 9.79 Å². The number of hydrogen-bond acceptors (Lipinski definition) is 17. The largest absolute Gasteiger partial charge is 0.452 e. The molecular formula is C18H26N4O15. The summed E-state index contributed by atoms with van der Waals surface area (Å²) in [5, 5.41) is 10.4. The Morgan fingerprint density at radius 2 is 1.30 bits per heavy atom. The molecule has 0 radical (unpaired) electrons. The van der Waals surface area contributed by atoms with E-state index in [4.69, 9.17) is 17.2 Å². The Hall–Kier alpha value is -4.52. The van der Waals surface area contributed by atoms with E-state index < -0.39 is 72.9 Å². The van der Waals surface area contributed by atoms with Crippen molar-refractivity contribution < 1.29 is 72.7 Å². The zero-order valence-corrected chi connectivity index (χ0v) is 19.7. The fourth-order valence-electron chi connectivity index (χ4n) is 2.01. The number of aliphatic hydroxyl groups is 1. The third kappa shape index (κ3) is 15.2. The zero-order valence-electron chi connectivity index (χ0n) is 19.7. The molecule has 0 heterocycles. The molecule has 0 aromatic carbocycles. The molecule has 0 bridgehead atoms. The van der Waals surface area contributed by atoms with E-state index in [-0.39, 0.29) is 18.9 Å². The van der Waals surface area contributed by atoms with Gasteiger partial charge in [0, 0.05) is 20.4 Å². The lowest BCUT2D eigenvalue weighted by molar-refractivity contribution is -0.278. The van der Waals surface area contributed by atoms with Crippen LogP contribution in [0.3, 0.4) is 0 Å². The molecule has 2 unspecified atom stereocenters. The molecule has 0 aliphatic carbocycles. The van der Waals surface area contributed by atoms with Crippen molar-refractivity contribution in [2.24, 2.45) is 22.2 Å². The number of nitrogens with zero attached hydrogens (tertiary/aromatic N) is 1. The second-order valence-electron chi connectivity index (χ2n) is 6.93. The number of ether oxygens (including phenoxy) is 1. The van der Waals surface area contributed by atoms with Gasteiger partial charge >= 0.3 is 41.8 Å². The molecule has 37 heavy (non-hydrogen) atoms. The Bertz CT molecular complexity index is 902. The number of carbonyl (C=O) groups is 7. The molecule has 19 nitrogen and oxygen atoms in total. The Morgan fingerprint density at radius 1 is 0.811 bits per heavy atom. The Balaban J connectivity index is 4.81. The summed E-state index contributed by atoms with van der Waals surface area (Å²) in [5.74, 6) is -9.77. The molecule has 0 amide bonds. The molecule has 0 aromatic heterocycles. The van der Waals surface area contributed by atoms with Crippen molar-refractivity contribution in [3.8, 4) is 0 Å². The summed E-state index contributed by atoms with van der Waals surface area (Å²) in [6.45, 7) is 0.840. The van der Waals surface area contributed by atoms with Crippen LogP contribution in [0.2, 0.25) is 0 Å². The van der Waals surface area contributed by atoms with Gasteiger partial charge in [0.1, 0.15) is 6.04 Å². The summed E-state index contributed by atoms with van der Waals surface area (Å²) in [5.41, 5.74) is 12.8. The minimum atomic E-state index is -3.10. The highest BCUT2D eigenvalue weighted by Gasteiger charge is 2.46. The predicted molar refractivity (Wildman–Crippen MR) is 111 cm³/mol. The summed E-state index contributed by atoms with van der Waals surface area (Å²) < 4.78 is 4.58. The lowest BCUT2D eigenvalue weighted by atomic mass is 9.96. The van der Waals surface area contributed by atoms with Crippen LogP contribution >= 0.6 is 0 Å². The fraction of sp³-hybridized carbons (Fsp3) is 0.556. The number of guanidine groups is 1. The molecule has 0 fully saturated rings. The van der Waals surface area contributed by atoms with Crippen LogP contribution in [0.4, 0.5) is 0 Å². The lowest BCUT2D eigenvalue weighted by Crippen LogP contribution is -2.45.